The van der Waals surface area contributed by atoms with Crippen LogP contribution in [-0.4, -0.2) is 142 Å². The van der Waals surface area contributed by atoms with Crippen LogP contribution in [0, 0.1) is 0 Å². The average Bonchev–Trinajstić information content (AvgIpc) is 3.15. The van der Waals surface area contributed by atoms with Gasteiger partial charge in [-0.25, -0.2) is 0 Å². The van der Waals surface area contributed by atoms with Crippen molar-refractivity contribution in [2.24, 2.45) is 0 Å². The number of ether oxygens (including phenoxy) is 6. The van der Waals surface area contributed by atoms with Crippen molar-refractivity contribution in [1.82, 2.24) is 0 Å². The smallest absolute Gasteiger partial charge is 0.306 e. The summed E-state index contributed by atoms with van der Waals surface area (Å²) >= 11 is 0. The van der Waals surface area contributed by atoms with Crippen LogP contribution in [0.15, 0.2) is 24.3 Å². The van der Waals surface area contributed by atoms with Crippen LogP contribution in [0.5, 0.6) is 0 Å². The molecule has 14 heteroatoms. The molecule has 0 aromatic carbocycles. The van der Waals surface area contributed by atoms with E-state index in [0.717, 1.165) is 51.4 Å². The third kappa shape index (κ3) is 18.8. The van der Waals surface area contributed by atoms with E-state index >= 15 is 0 Å². The highest BCUT2D eigenvalue weighted by atomic mass is 16.7. The number of esters is 1. The van der Waals surface area contributed by atoms with E-state index in [-0.39, 0.29) is 19.6 Å². The first-order chi connectivity index (χ1) is 25.6. The van der Waals surface area contributed by atoms with E-state index < -0.39 is 86.7 Å². The van der Waals surface area contributed by atoms with Gasteiger partial charge in [-0.3, -0.25) is 4.79 Å². The lowest BCUT2D eigenvalue weighted by molar-refractivity contribution is -0.332. The quantitative estimate of drug-likeness (QED) is 0.0332. The van der Waals surface area contributed by atoms with Crippen molar-refractivity contribution in [3.05, 3.63) is 24.3 Å². The van der Waals surface area contributed by atoms with Gasteiger partial charge in [0.05, 0.1) is 26.4 Å². The van der Waals surface area contributed by atoms with Crippen LogP contribution in [0.2, 0.25) is 0 Å². The fourth-order valence-electron chi connectivity index (χ4n) is 6.08. The first-order valence-corrected chi connectivity index (χ1v) is 19.9. The molecule has 11 atom stereocenters. The predicted molar refractivity (Wildman–Crippen MR) is 197 cm³/mol. The van der Waals surface area contributed by atoms with E-state index in [2.05, 4.69) is 31.2 Å². The third-order valence-electron chi connectivity index (χ3n) is 9.46. The van der Waals surface area contributed by atoms with Crippen LogP contribution >= 0.6 is 0 Å². The van der Waals surface area contributed by atoms with Gasteiger partial charge in [0.25, 0.3) is 0 Å². The lowest BCUT2D eigenvalue weighted by Crippen LogP contribution is -2.61. The van der Waals surface area contributed by atoms with E-state index in [1.165, 1.54) is 38.5 Å². The molecule has 0 aromatic rings. The second-order valence-electron chi connectivity index (χ2n) is 14.1. The summed E-state index contributed by atoms with van der Waals surface area (Å²) in [5, 5.41) is 71.3. The van der Waals surface area contributed by atoms with Crippen molar-refractivity contribution in [1.29, 1.82) is 0 Å². The highest BCUT2D eigenvalue weighted by Crippen LogP contribution is 2.26. The summed E-state index contributed by atoms with van der Waals surface area (Å²) in [7, 11) is 0. The molecule has 2 fully saturated rings. The van der Waals surface area contributed by atoms with Crippen LogP contribution in [-0.2, 0) is 33.2 Å². The van der Waals surface area contributed by atoms with Crippen molar-refractivity contribution < 1.29 is 69.0 Å². The summed E-state index contributed by atoms with van der Waals surface area (Å²) in [5.41, 5.74) is 0. The van der Waals surface area contributed by atoms with Gasteiger partial charge in [0.2, 0.25) is 0 Å². The fraction of sp³-hybridized carbons (Fsp3) is 0.872. The molecule has 2 aliphatic heterocycles. The lowest BCUT2D eigenvalue weighted by Gasteiger charge is -2.42. The van der Waals surface area contributed by atoms with Crippen LogP contribution in [0.1, 0.15) is 117 Å². The van der Waals surface area contributed by atoms with Gasteiger partial charge >= 0.3 is 5.97 Å². The summed E-state index contributed by atoms with van der Waals surface area (Å²) in [6.07, 6.45) is 9.26. The molecule has 0 radical (unpaired) electrons. The molecular weight excluding hydrogens is 692 g/mol. The van der Waals surface area contributed by atoms with E-state index in [1.807, 2.05) is 6.92 Å². The molecule has 2 aliphatic rings. The number of rotatable bonds is 29. The van der Waals surface area contributed by atoms with Gasteiger partial charge in [0.15, 0.2) is 12.6 Å². The second-order valence-corrected chi connectivity index (χ2v) is 14.1. The van der Waals surface area contributed by atoms with Gasteiger partial charge in [0.1, 0.15) is 54.9 Å². The summed E-state index contributed by atoms with van der Waals surface area (Å²) in [5.74, 6) is -0.407. The maximum Gasteiger partial charge on any atom is 0.306 e. The first-order valence-electron chi connectivity index (χ1n) is 19.9. The standard InChI is InChI=1S/C39H70O14/c1-3-5-7-8-9-10-11-12-13-14-15-16-17-18-19-21-23-48-25-28(51-31(41)22-20-6-4-2)26-49-38-37(47)35(45)33(43)30(53-38)27-50-39-36(46)34(44)32(42)29(24-40)52-39/h9-10,12-13,28-30,32-40,42-47H,3-8,11,14-27H2,1-2H3/b10-9-,13-12-. The summed E-state index contributed by atoms with van der Waals surface area (Å²) in [6.45, 7) is 3.42. The Morgan fingerprint density at radius 3 is 1.81 bits per heavy atom. The molecule has 2 saturated heterocycles. The van der Waals surface area contributed by atoms with Crippen LogP contribution in [0.4, 0.5) is 0 Å². The van der Waals surface area contributed by atoms with Crippen molar-refractivity contribution in [2.45, 2.75) is 184 Å². The number of aliphatic hydroxyl groups is 7. The number of allylic oxidation sites excluding steroid dienone is 4. The Hall–Kier alpha value is -1.53. The zero-order chi connectivity index (χ0) is 38.8. The van der Waals surface area contributed by atoms with Crippen molar-refractivity contribution >= 4 is 5.97 Å². The molecule has 0 spiro atoms. The number of carbonyl (C=O) groups excluding carboxylic acids is 1. The summed E-state index contributed by atoms with van der Waals surface area (Å²) in [4.78, 5) is 12.5. The molecule has 310 valence electrons. The summed E-state index contributed by atoms with van der Waals surface area (Å²) < 4.78 is 33.7. The van der Waals surface area contributed by atoms with Gasteiger partial charge in [0, 0.05) is 13.0 Å². The molecular formula is C39H70O14. The lowest BCUT2D eigenvalue weighted by atomic mass is 9.98. The number of carbonyl (C=O) groups is 1. The predicted octanol–water partition coefficient (Wildman–Crippen LogP) is 2.95. The maximum atomic E-state index is 12.5. The van der Waals surface area contributed by atoms with E-state index in [0.29, 0.717) is 13.0 Å². The molecule has 2 heterocycles. The minimum absolute atomic E-state index is 0.0530. The van der Waals surface area contributed by atoms with Gasteiger partial charge in [-0.05, 0) is 44.9 Å². The van der Waals surface area contributed by atoms with Crippen LogP contribution in [0.25, 0.3) is 0 Å². The summed E-state index contributed by atoms with van der Waals surface area (Å²) in [6, 6.07) is 0. The SMILES string of the molecule is CCCCC/C=C\C/C=C\CCCCCCCCOCC(COC1OC(COC2OC(CO)C(O)C(O)C2O)C(O)C(O)C1O)OC(=O)CCCCC. The topological polar surface area (TPSA) is 214 Å². The van der Waals surface area contributed by atoms with E-state index in [9.17, 15) is 40.5 Å². The molecule has 0 aromatic heterocycles. The molecule has 0 aliphatic carbocycles. The Labute approximate surface area is 316 Å². The first kappa shape index (κ1) is 47.6. The number of hydrogen-bond donors (Lipinski definition) is 7. The second kappa shape index (κ2) is 28.8. The zero-order valence-electron chi connectivity index (χ0n) is 32.0. The molecule has 0 bridgehead atoms. The van der Waals surface area contributed by atoms with Crippen LogP contribution < -0.4 is 0 Å². The number of hydrogen-bond acceptors (Lipinski definition) is 14. The van der Waals surface area contributed by atoms with E-state index in [1.54, 1.807) is 0 Å². The minimum atomic E-state index is -1.70. The van der Waals surface area contributed by atoms with Crippen molar-refractivity contribution in [2.75, 3.05) is 33.0 Å². The van der Waals surface area contributed by atoms with Gasteiger partial charge in [-0.15, -0.1) is 0 Å². The molecule has 11 unspecified atom stereocenters. The number of aliphatic hydroxyl groups excluding tert-OH is 7. The Morgan fingerprint density at radius 1 is 0.623 bits per heavy atom. The molecule has 0 saturated carbocycles. The highest BCUT2D eigenvalue weighted by molar-refractivity contribution is 5.69. The Bertz CT molecular complexity index is 980. The largest absolute Gasteiger partial charge is 0.457 e. The Balaban J connectivity index is 1.75. The highest BCUT2D eigenvalue weighted by Gasteiger charge is 2.47. The zero-order valence-corrected chi connectivity index (χ0v) is 32.0. The fourth-order valence-corrected chi connectivity index (χ4v) is 6.08. The van der Waals surface area contributed by atoms with Gasteiger partial charge in [-0.1, -0.05) is 89.5 Å². The minimum Gasteiger partial charge on any atom is -0.457 e. The Kier molecular flexibility index (Phi) is 25.9. The van der Waals surface area contributed by atoms with Crippen LogP contribution in [0.3, 0.4) is 0 Å². The molecule has 0 amide bonds. The molecule has 14 nitrogen and oxygen atoms in total. The monoisotopic (exact) mass is 762 g/mol. The maximum absolute atomic E-state index is 12.5. The normalized spacial score (nSPS) is 30.0. The van der Waals surface area contributed by atoms with Crippen molar-refractivity contribution in [3.8, 4) is 0 Å². The van der Waals surface area contributed by atoms with Gasteiger partial charge in [-0.2, -0.15) is 0 Å². The molecule has 2 rings (SSSR count). The van der Waals surface area contributed by atoms with Gasteiger partial charge < -0.3 is 64.2 Å². The van der Waals surface area contributed by atoms with Crippen molar-refractivity contribution in [3.63, 3.8) is 0 Å². The van der Waals surface area contributed by atoms with E-state index in [4.69, 9.17) is 28.4 Å². The number of unbranched alkanes of at least 4 members (excludes halogenated alkanes) is 11. The average molecular weight is 763 g/mol. The molecule has 53 heavy (non-hydrogen) atoms. The Morgan fingerprint density at radius 2 is 1.17 bits per heavy atom. The molecule has 7 N–H and O–H groups in total. The third-order valence-corrected chi connectivity index (χ3v) is 9.46.